The average Bonchev–Trinajstić information content (AvgIpc) is 2.38. The van der Waals surface area contributed by atoms with E-state index in [1.54, 1.807) is 18.2 Å². The second-order valence-corrected chi connectivity index (χ2v) is 7.10. The number of nitrogens with one attached hydrogen (secondary N) is 1. The Morgan fingerprint density at radius 3 is 2.70 bits per heavy atom. The van der Waals surface area contributed by atoms with Gasteiger partial charge in [-0.15, -0.1) is 0 Å². The lowest BCUT2D eigenvalue weighted by Gasteiger charge is -2.14. The molecule has 112 valence electrons. The summed E-state index contributed by atoms with van der Waals surface area (Å²) in [5.74, 6) is 1.70. The first-order valence-corrected chi connectivity index (χ1v) is 8.29. The molecule has 0 heterocycles. The van der Waals surface area contributed by atoms with Gasteiger partial charge in [0.1, 0.15) is 0 Å². The summed E-state index contributed by atoms with van der Waals surface area (Å²) in [4.78, 5) is 11.8. The van der Waals surface area contributed by atoms with Crippen molar-refractivity contribution in [1.82, 2.24) is 0 Å². The highest BCUT2D eigenvalue weighted by Crippen LogP contribution is 2.23. The fourth-order valence-corrected chi connectivity index (χ4v) is 2.72. The first-order valence-electron chi connectivity index (χ1n) is 6.86. The molecule has 1 unspecified atom stereocenters. The molecule has 1 aromatic rings. The molecule has 0 aromatic heterocycles. The molecule has 0 aliphatic heterocycles. The van der Waals surface area contributed by atoms with Crippen LogP contribution in [0.2, 0.25) is 5.02 Å². The van der Waals surface area contributed by atoms with E-state index >= 15 is 0 Å². The molecule has 0 saturated heterocycles. The highest BCUT2D eigenvalue weighted by Gasteiger charge is 2.08. The Hall–Kier alpha value is -0.870. The number of carbonyl (C=O) groups is 1. The van der Waals surface area contributed by atoms with Gasteiger partial charge in [0, 0.05) is 17.4 Å². The quantitative estimate of drug-likeness (QED) is 0.578. The number of amides is 1. The molecular weight excluding hydrogens is 292 g/mol. The first kappa shape index (κ1) is 17.2. The third-order valence-electron chi connectivity index (χ3n) is 3.15. The van der Waals surface area contributed by atoms with E-state index in [1.165, 1.54) is 0 Å². The summed E-state index contributed by atoms with van der Waals surface area (Å²) in [5.41, 5.74) is 6.87. The normalized spacial score (nSPS) is 12.4. The largest absolute Gasteiger partial charge is 0.397 e. The molecule has 0 radical (unpaired) electrons. The van der Waals surface area contributed by atoms with Crippen LogP contribution in [0.4, 0.5) is 11.4 Å². The van der Waals surface area contributed by atoms with Gasteiger partial charge in [-0.05, 0) is 36.3 Å². The van der Waals surface area contributed by atoms with Crippen molar-refractivity contribution < 1.29 is 4.79 Å². The van der Waals surface area contributed by atoms with Crippen molar-refractivity contribution in [2.75, 3.05) is 16.8 Å². The number of hydrogen-bond donors (Lipinski definition) is 2. The molecule has 3 N–H and O–H groups in total. The van der Waals surface area contributed by atoms with Crippen molar-refractivity contribution in [2.45, 2.75) is 38.9 Å². The van der Waals surface area contributed by atoms with Gasteiger partial charge in [-0.3, -0.25) is 4.79 Å². The van der Waals surface area contributed by atoms with E-state index in [0.717, 1.165) is 12.2 Å². The number of thioether (sulfide) groups is 1. The molecule has 1 amide bonds. The number of nitrogen functional groups attached to an aromatic ring is 1. The number of carbonyl (C=O) groups excluding carboxylic acids is 1. The zero-order valence-corrected chi connectivity index (χ0v) is 13.9. The molecule has 1 rings (SSSR count). The number of halogens is 1. The number of nitrogens with two attached hydrogens (primary N) is 1. The van der Waals surface area contributed by atoms with Gasteiger partial charge in [0.2, 0.25) is 5.91 Å². The molecule has 0 aliphatic carbocycles. The molecule has 1 atom stereocenters. The molecule has 0 fully saturated rings. The number of rotatable bonds is 7. The maximum Gasteiger partial charge on any atom is 0.224 e. The number of benzene rings is 1. The van der Waals surface area contributed by atoms with Crippen molar-refractivity contribution in [3.8, 4) is 0 Å². The van der Waals surface area contributed by atoms with Crippen LogP contribution in [0.15, 0.2) is 18.2 Å². The van der Waals surface area contributed by atoms with Gasteiger partial charge in [-0.1, -0.05) is 32.4 Å². The molecule has 0 bridgehead atoms. The van der Waals surface area contributed by atoms with Crippen LogP contribution >= 0.6 is 23.4 Å². The minimum atomic E-state index is 0.0181. The topological polar surface area (TPSA) is 55.1 Å². The maximum atomic E-state index is 11.8. The summed E-state index contributed by atoms with van der Waals surface area (Å²) in [6, 6.07) is 5.12. The first-order chi connectivity index (χ1) is 9.40. The zero-order chi connectivity index (χ0) is 15.1. The second kappa shape index (κ2) is 8.42. The summed E-state index contributed by atoms with van der Waals surface area (Å²) in [6.07, 6.45) is 1.41. The summed E-state index contributed by atoms with van der Waals surface area (Å²) in [7, 11) is 0. The number of anilines is 2. The van der Waals surface area contributed by atoms with Gasteiger partial charge in [0.15, 0.2) is 0 Å². The van der Waals surface area contributed by atoms with E-state index in [0.29, 0.717) is 34.0 Å². The smallest absolute Gasteiger partial charge is 0.224 e. The molecule has 5 heteroatoms. The summed E-state index contributed by atoms with van der Waals surface area (Å²) in [6.45, 7) is 6.66. The Morgan fingerprint density at radius 2 is 2.10 bits per heavy atom. The van der Waals surface area contributed by atoms with Gasteiger partial charge in [0.25, 0.3) is 0 Å². The van der Waals surface area contributed by atoms with Crippen molar-refractivity contribution >= 4 is 40.6 Å². The van der Waals surface area contributed by atoms with Crippen molar-refractivity contribution in [1.29, 1.82) is 0 Å². The van der Waals surface area contributed by atoms with Crippen LogP contribution in [-0.4, -0.2) is 16.9 Å². The van der Waals surface area contributed by atoms with E-state index in [2.05, 4.69) is 26.1 Å². The van der Waals surface area contributed by atoms with Crippen LogP contribution < -0.4 is 11.1 Å². The predicted octanol–water partition coefficient (Wildman–Crippen LogP) is 4.42. The molecule has 0 spiro atoms. The van der Waals surface area contributed by atoms with Gasteiger partial charge in [-0.2, -0.15) is 11.8 Å². The Morgan fingerprint density at radius 1 is 1.40 bits per heavy atom. The van der Waals surface area contributed by atoms with E-state index in [-0.39, 0.29) is 5.91 Å². The standard InChI is InChI=1S/C15H23ClN2OS/c1-10(2)11(3)20-8-4-5-15(19)18-12-6-7-13(16)14(17)9-12/h6-7,9-11H,4-5,8,17H2,1-3H3,(H,18,19). The minimum absolute atomic E-state index is 0.0181. The lowest BCUT2D eigenvalue weighted by atomic mass is 10.2. The third-order valence-corrected chi connectivity index (χ3v) is 5.09. The molecule has 0 saturated carbocycles. The maximum absolute atomic E-state index is 11.8. The lowest BCUT2D eigenvalue weighted by Crippen LogP contribution is -2.12. The molecule has 1 aromatic carbocycles. The second-order valence-electron chi connectivity index (χ2n) is 5.21. The number of hydrogen-bond acceptors (Lipinski definition) is 3. The van der Waals surface area contributed by atoms with Gasteiger partial charge >= 0.3 is 0 Å². The monoisotopic (exact) mass is 314 g/mol. The van der Waals surface area contributed by atoms with Crippen LogP contribution in [0.5, 0.6) is 0 Å². The van der Waals surface area contributed by atoms with Crippen LogP contribution in [0.25, 0.3) is 0 Å². The van der Waals surface area contributed by atoms with Gasteiger partial charge < -0.3 is 11.1 Å². The fraction of sp³-hybridized carbons (Fsp3) is 0.533. The van der Waals surface area contributed by atoms with E-state index < -0.39 is 0 Å². The van der Waals surface area contributed by atoms with E-state index in [1.807, 2.05) is 11.8 Å². The highest BCUT2D eigenvalue weighted by molar-refractivity contribution is 7.99. The lowest BCUT2D eigenvalue weighted by molar-refractivity contribution is -0.116. The van der Waals surface area contributed by atoms with Crippen molar-refractivity contribution in [3.05, 3.63) is 23.2 Å². The Kier molecular flexibility index (Phi) is 7.24. The molecule has 20 heavy (non-hydrogen) atoms. The predicted molar refractivity (Wildman–Crippen MR) is 90.5 cm³/mol. The van der Waals surface area contributed by atoms with Crippen LogP contribution in [0.1, 0.15) is 33.6 Å². The Labute approximate surface area is 130 Å². The Bertz CT molecular complexity index is 451. The van der Waals surface area contributed by atoms with Gasteiger partial charge in [-0.25, -0.2) is 0 Å². The SMILES string of the molecule is CC(C)C(C)SCCCC(=O)Nc1ccc(Cl)c(N)c1. The Balaban J connectivity index is 2.28. The third kappa shape index (κ3) is 6.06. The summed E-state index contributed by atoms with van der Waals surface area (Å²) >= 11 is 7.75. The molecular formula is C15H23ClN2OS. The fourth-order valence-electron chi connectivity index (χ4n) is 1.54. The summed E-state index contributed by atoms with van der Waals surface area (Å²) < 4.78 is 0. The summed E-state index contributed by atoms with van der Waals surface area (Å²) in [5, 5.41) is 3.97. The molecule has 0 aliphatic rings. The van der Waals surface area contributed by atoms with Crippen molar-refractivity contribution in [3.63, 3.8) is 0 Å². The van der Waals surface area contributed by atoms with E-state index in [9.17, 15) is 4.79 Å². The zero-order valence-electron chi connectivity index (χ0n) is 12.3. The van der Waals surface area contributed by atoms with Crippen LogP contribution in [0.3, 0.4) is 0 Å². The molecule has 3 nitrogen and oxygen atoms in total. The van der Waals surface area contributed by atoms with E-state index in [4.69, 9.17) is 17.3 Å². The average molecular weight is 315 g/mol. The highest BCUT2D eigenvalue weighted by atomic mass is 35.5. The van der Waals surface area contributed by atoms with Crippen LogP contribution in [-0.2, 0) is 4.79 Å². The van der Waals surface area contributed by atoms with Crippen LogP contribution in [0, 0.1) is 5.92 Å². The minimum Gasteiger partial charge on any atom is -0.397 e. The van der Waals surface area contributed by atoms with Gasteiger partial charge in [0.05, 0.1) is 10.7 Å². The van der Waals surface area contributed by atoms with Crippen molar-refractivity contribution in [2.24, 2.45) is 5.92 Å².